The van der Waals surface area contributed by atoms with Gasteiger partial charge >= 0.3 is 0 Å². The van der Waals surface area contributed by atoms with E-state index in [9.17, 15) is 4.79 Å². The second-order valence-electron chi connectivity index (χ2n) is 5.10. The van der Waals surface area contributed by atoms with Crippen molar-refractivity contribution in [3.63, 3.8) is 0 Å². The summed E-state index contributed by atoms with van der Waals surface area (Å²) in [5.74, 6) is 0. The number of hydrogen-bond donors (Lipinski definition) is 0. The van der Waals surface area contributed by atoms with Crippen molar-refractivity contribution in [3.8, 4) is 0 Å². The fourth-order valence-corrected chi connectivity index (χ4v) is 1.78. The zero-order valence-corrected chi connectivity index (χ0v) is 14.4. The van der Waals surface area contributed by atoms with Crippen LogP contribution in [0.1, 0.15) is 51.5 Å². The fraction of sp³-hybridized carbons (Fsp3) is 0.526. The third-order valence-electron chi connectivity index (χ3n) is 3.29. The van der Waals surface area contributed by atoms with Gasteiger partial charge in [0, 0.05) is 14.2 Å². The number of unbranched alkanes of at least 4 members (excludes halogenated alkanes) is 3. The number of aldehydes is 1. The molecule has 0 heterocycles. The largest absolute Gasteiger partial charge is 0.356 e. The van der Waals surface area contributed by atoms with E-state index in [4.69, 9.17) is 0 Å². The van der Waals surface area contributed by atoms with Crippen molar-refractivity contribution >= 4 is 12.4 Å². The van der Waals surface area contributed by atoms with Crippen molar-refractivity contribution in [3.05, 3.63) is 41.5 Å². The van der Waals surface area contributed by atoms with Crippen LogP contribution >= 0.6 is 0 Å². The third kappa shape index (κ3) is 11.2. The van der Waals surface area contributed by atoms with Gasteiger partial charge in [-0.3, -0.25) is 4.79 Å². The first-order valence-corrected chi connectivity index (χ1v) is 7.94. The maximum absolute atomic E-state index is 10.9. The van der Waals surface area contributed by atoms with Crippen LogP contribution in [0.15, 0.2) is 35.9 Å². The molecule has 124 valence electrons. The van der Waals surface area contributed by atoms with Crippen molar-refractivity contribution < 1.29 is 14.3 Å². The van der Waals surface area contributed by atoms with Gasteiger partial charge in [-0.25, -0.2) is 0 Å². The lowest BCUT2D eigenvalue weighted by atomic mass is 10.0. The first-order chi connectivity index (χ1) is 10.7. The van der Waals surface area contributed by atoms with Crippen LogP contribution in [0.25, 0.3) is 6.08 Å². The molecule has 3 nitrogen and oxygen atoms in total. The molecule has 0 aromatic heterocycles. The van der Waals surface area contributed by atoms with Gasteiger partial charge in [0.05, 0.1) is 0 Å². The molecule has 0 N–H and O–H groups in total. The maximum atomic E-state index is 10.9. The molecule has 0 bridgehead atoms. The number of rotatable bonds is 9. The van der Waals surface area contributed by atoms with Crippen LogP contribution in [0.4, 0.5) is 0 Å². The van der Waals surface area contributed by atoms with Crippen molar-refractivity contribution in [2.24, 2.45) is 0 Å². The number of methoxy groups -OCH3 is 2. The minimum Gasteiger partial charge on any atom is -0.356 e. The molecule has 3 heteroatoms. The Balaban J connectivity index is 0.000000626. The predicted molar refractivity (Wildman–Crippen MR) is 92.7 cm³/mol. The summed E-state index contributed by atoms with van der Waals surface area (Å²) in [5, 5.41) is 0. The van der Waals surface area contributed by atoms with Gasteiger partial charge in [-0.05, 0) is 37.0 Å². The van der Waals surface area contributed by atoms with Crippen LogP contribution < -0.4 is 0 Å². The average molecular weight is 306 g/mol. The molecule has 22 heavy (non-hydrogen) atoms. The number of carbonyl (C=O) groups excluding carboxylic acids is 1. The third-order valence-corrected chi connectivity index (χ3v) is 3.29. The molecule has 1 aromatic rings. The van der Waals surface area contributed by atoms with E-state index in [-0.39, 0.29) is 6.29 Å². The van der Waals surface area contributed by atoms with Crippen molar-refractivity contribution in [1.82, 2.24) is 0 Å². The van der Waals surface area contributed by atoms with Crippen molar-refractivity contribution in [2.75, 3.05) is 14.2 Å². The van der Waals surface area contributed by atoms with E-state index in [0.29, 0.717) is 0 Å². The Morgan fingerprint density at radius 2 is 1.73 bits per heavy atom. The van der Waals surface area contributed by atoms with Gasteiger partial charge in [0.25, 0.3) is 0 Å². The Kier molecular flexibility index (Phi) is 13.5. The standard InChI is InChI=1S/C15H20O.C4H10O2/c1-2-3-4-6-11-15(13-16)12-14-9-7-5-8-10-14;1-4(5-2)6-3/h5,7-10,12-13H,2-4,6,11H2,1H3;4H,1-3H3/b15-12+;. The topological polar surface area (TPSA) is 35.5 Å². The smallest absolute Gasteiger partial charge is 0.154 e. The number of ether oxygens (including phenoxy) is 2. The molecule has 0 amide bonds. The highest BCUT2D eigenvalue weighted by Gasteiger charge is 1.96. The van der Waals surface area contributed by atoms with E-state index in [2.05, 4.69) is 16.4 Å². The molecule has 0 aliphatic heterocycles. The van der Waals surface area contributed by atoms with Crippen molar-refractivity contribution in [1.29, 1.82) is 0 Å². The van der Waals surface area contributed by atoms with Gasteiger partial charge in [-0.2, -0.15) is 0 Å². The lowest BCUT2D eigenvalue weighted by molar-refractivity contribution is -0.105. The second kappa shape index (κ2) is 14.5. The van der Waals surface area contributed by atoms with E-state index in [1.54, 1.807) is 14.2 Å². The summed E-state index contributed by atoms with van der Waals surface area (Å²) in [6.07, 6.45) is 8.64. The lowest BCUT2D eigenvalue weighted by Gasteiger charge is -2.03. The van der Waals surface area contributed by atoms with Gasteiger partial charge in [0.2, 0.25) is 0 Å². The lowest BCUT2D eigenvalue weighted by Crippen LogP contribution is -2.05. The second-order valence-corrected chi connectivity index (χ2v) is 5.10. The van der Waals surface area contributed by atoms with Crippen LogP contribution in [-0.2, 0) is 14.3 Å². The molecule has 0 unspecified atom stereocenters. The van der Waals surface area contributed by atoms with Crippen LogP contribution in [0.2, 0.25) is 0 Å². The van der Waals surface area contributed by atoms with Gasteiger partial charge in [-0.15, -0.1) is 0 Å². The van der Waals surface area contributed by atoms with Crippen LogP contribution in [0.3, 0.4) is 0 Å². The summed E-state index contributed by atoms with van der Waals surface area (Å²) in [5.41, 5.74) is 2.02. The molecule has 0 aliphatic carbocycles. The van der Waals surface area contributed by atoms with Gasteiger partial charge in [0.1, 0.15) is 6.29 Å². The first kappa shape index (κ1) is 20.6. The van der Waals surface area contributed by atoms with E-state index >= 15 is 0 Å². The highest BCUT2D eigenvalue weighted by molar-refractivity contribution is 5.81. The van der Waals surface area contributed by atoms with Crippen LogP contribution in [0, 0.1) is 0 Å². The number of allylic oxidation sites excluding steroid dienone is 1. The first-order valence-electron chi connectivity index (χ1n) is 7.94. The van der Waals surface area contributed by atoms with Gasteiger partial charge in [0.15, 0.2) is 6.29 Å². The average Bonchev–Trinajstić information content (AvgIpc) is 2.58. The normalized spacial score (nSPS) is 11.0. The summed E-state index contributed by atoms with van der Waals surface area (Å²) < 4.78 is 9.35. The summed E-state index contributed by atoms with van der Waals surface area (Å²) in [7, 11) is 3.21. The van der Waals surface area contributed by atoms with Crippen LogP contribution in [-0.4, -0.2) is 26.8 Å². The molecular formula is C19H30O3. The zero-order valence-electron chi connectivity index (χ0n) is 14.4. The van der Waals surface area contributed by atoms with E-state index in [1.807, 2.05) is 43.3 Å². The minimum absolute atomic E-state index is 0.0648. The van der Waals surface area contributed by atoms with Gasteiger partial charge in [-0.1, -0.05) is 56.5 Å². The molecule has 0 atom stereocenters. The number of hydrogen-bond acceptors (Lipinski definition) is 3. The zero-order chi connectivity index (χ0) is 16.6. The molecule has 0 aliphatic rings. The molecule has 0 saturated carbocycles. The Labute approximate surface area is 135 Å². The summed E-state index contributed by atoms with van der Waals surface area (Å²) in [4.78, 5) is 10.9. The Bertz CT molecular complexity index is 394. The maximum Gasteiger partial charge on any atom is 0.154 e. The SMILES string of the molecule is CCCCCC/C(C=O)=C\c1ccccc1.COC(C)OC. The summed E-state index contributed by atoms with van der Waals surface area (Å²) in [6.45, 7) is 4.03. The highest BCUT2D eigenvalue weighted by Crippen LogP contribution is 2.12. The van der Waals surface area contributed by atoms with E-state index in [1.165, 1.54) is 19.3 Å². The fourth-order valence-electron chi connectivity index (χ4n) is 1.78. The van der Waals surface area contributed by atoms with Crippen molar-refractivity contribution in [2.45, 2.75) is 52.2 Å². The van der Waals surface area contributed by atoms with Gasteiger partial charge < -0.3 is 9.47 Å². The van der Waals surface area contributed by atoms with E-state index in [0.717, 1.165) is 30.3 Å². The quantitative estimate of drug-likeness (QED) is 0.283. The molecule has 1 aromatic carbocycles. The Morgan fingerprint density at radius 1 is 1.09 bits per heavy atom. The number of carbonyl (C=O) groups is 1. The number of benzene rings is 1. The molecule has 0 saturated heterocycles. The summed E-state index contributed by atoms with van der Waals surface area (Å²) >= 11 is 0. The molecule has 0 spiro atoms. The molecule has 0 fully saturated rings. The predicted octanol–water partition coefficient (Wildman–Crippen LogP) is 4.86. The Morgan fingerprint density at radius 3 is 2.18 bits per heavy atom. The monoisotopic (exact) mass is 306 g/mol. The molecule has 1 rings (SSSR count). The minimum atomic E-state index is -0.0648. The molecular weight excluding hydrogens is 276 g/mol. The highest BCUT2D eigenvalue weighted by atomic mass is 16.7. The van der Waals surface area contributed by atoms with E-state index < -0.39 is 0 Å². The molecule has 0 radical (unpaired) electrons. The summed E-state index contributed by atoms with van der Waals surface area (Å²) in [6, 6.07) is 10.0. The Hall–Kier alpha value is -1.45. The van der Waals surface area contributed by atoms with Crippen LogP contribution in [0.5, 0.6) is 0 Å².